The first kappa shape index (κ1) is 10.6. The summed E-state index contributed by atoms with van der Waals surface area (Å²) in [5, 5.41) is 10.1. The minimum Gasteiger partial charge on any atom is -0.392 e. The molecule has 3 unspecified atom stereocenters. The lowest BCUT2D eigenvalue weighted by Gasteiger charge is -2.17. The van der Waals surface area contributed by atoms with Crippen LogP contribution in [0.15, 0.2) is 24.4 Å². The van der Waals surface area contributed by atoms with Crippen molar-refractivity contribution in [1.29, 1.82) is 0 Å². The van der Waals surface area contributed by atoms with Gasteiger partial charge in [-0.3, -0.25) is 4.98 Å². The van der Waals surface area contributed by atoms with Gasteiger partial charge in [0.2, 0.25) is 0 Å². The Bertz CT molecular complexity index is 299. The molecule has 0 amide bonds. The van der Waals surface area contributed by atoms with Crippen LogP contribution in [0.25, 0.3) is 0 Å². The van der Waals surface area contributed by atoms with Gasteiger partial charge in [0.15, 0.2) is 0 Å². The van der Waals surface area contributed by atoms with Crippen LogP contribution in [0.3, 0.4) is 0 Å². The van der Waals surface area contributed by atoms with E-state index in [-0.39, 0.29) is 6.10 Å². The molecule has 1 N–H and O–H groups in total. The predicted molar refractivity (Wildman–Crippen MR) is 60.5 cm³/mol. The molecule has 0 aromatic carbocycles. The smallest absolute Gasteiger partial charge is 0.0623 e. The third-order valence-electron chi connectivity index (χ3n) is 3.42. The van der Waals surface area contributed by atoms with Gasteiger partial charge in [-0.05, 0) is 36.8 Å². The molecule has 1 aromatic rings. The highest BCUT2D eigenvalue weighted by atomic mass is 16.3. The average molecular weight is 205 g/mol. The Labute approximate surface area is 91.4 Å². The number of aliphatic hydroxyl groups excluding tert-OH is 1. The minimum atomic E-state index is -0.204. The number of hydrogen-bond acceptors (Lipinski definition) is 2. The van der Waals surface area contributed by atoms with E-state index in [1.165, 1.54) is 19.3 Å². The summed E-state index contributed by atoms with van der Waals surface area (Å²) in [6, 6.07) is 5.88. The molecule has 0 radical (unpaired) electrons. The highest BCUT2D eigenvalue weighted by molar-refractivity contribution is 5.05. The average Bonchev–Trinajstić information content (AvgIpc) is 2.66. The van der Waals surface area contributed by atoms with Crippen molar-refractivity contribution in [2.75, 3.05) is 0 Å². The van der Waals surface area contributed by atoms with Crippen molar-refractivity contribution in [3.63, 3.8) is 0 Å². The van der Waals surface area contributed by atoms with Crippen molar-refractivity contribution in [3.8, 4) is 0 Å². The normalized spacial score (nSPS) is 27.9. The van der Waals surface area contributed by atoms with E-state index in [1.807, 2.05) is 18.2 Å². The first-order valence-corrected chi connectivity index (χ1v) is 5.83. The third kappa shape index (κ3) is 2.78. The van der Waals surface area contributed by atoms with E-state index in [0.717, 1.165) is 11.6 Å². The SMILES string of the molecule is CC1CCC(C(O)Cc2ccccn2)C1. The van der Waals surface area contributed by atoms with Crippen LogP contribution in [0.2, 0.25) is 0 Å². The standard InChI is InChI=1S/C13H19NO/c1-10-5-6-11(8-10)13(15)9-12-4-2-3-7-14-12/h2-4,7,10-11,13,15H,5-6,8-9H2,1H3. The lowest BCUT2D eigenvalue weighted by atomic mass is 9.96. The van der Waals surface area contributed by atoms with Crippen LogP contribution < -0.4 is 0 Å². The Hall–Kier alpha value is -0.890. The van der Waals surface area contributed by atoms with Gasteiger partial charge in [0.25, 0.3) is 0 Å². The van der Waals surface area contributed by atoms with Gasteiger partial charge in [-0.25, -0.2) is 0 Å². The van der Waals surface area contributed by atoms with Crippen LogP contribution in [-0.2, 0) is 6.42 Å². The molecule has 82 valence electrons. The van der Waals surface area contributed by atoms with Gasteiger partial charge in [0.1, 0.15) is 0 Å². The Morgan fingerprint density at radius 2 is 2.33 bits per heavy atom. The van der Waals surface area contributed by atoms with Crippen molar-refractivity contribution < 1.29 is 5.11 Å². The highest BCUT2D eigenvalue weighted by Crippen LogP contribution is 2.33. The maximum atomic E-state index is 10.1. The fraction of sp³-hybridized carbons (Fsp3) is 0.615. The van der Waals surface area contributed by atoms with E-state index in [2.05, 4.69) is 11.9 Å². The van der Waals surface area contributed by atoms with Gasteiger partial charge in [0, 0.05) is 18.3 Å². The second-order valence-corrected chi connectivity index (χ2v) is 4.77. The van der Waals surface area contributed by atoms with Crippen LogP contribution in [0.5, 0.6) is 0 Å². The number of aliphatic hydroxyl groups is 1. The summed E-state index contributed by atoms with van der Waals surface area (Å²) in [7, 11) is 0. The first-order chi connectivity index (χ1) is 7.25. The summed E-state index contributed by atoms with van der Waals surface area (Å²) in [5.41, 5.74) is 1.00. The van der Waals surface area contributed by atoms with Crippen LogP contribution in [0.1, 0.15) is 31.9 Å². The van der Waals surface area contributed by atoms with E-state index in [4.69, 9.17) is 0 Å². The molecule has 0 bridgehead atoms. The second-order valence-electron chi connectivity index (χ2n) is 4.77. The van der Waals surface area contributed by atoms with Crippen molar-refractivity contribution in [1.82, 2.24) is 4.98 Å². The van der Waals surface area contributed by atoms with E-state index in [0.29, 0.717) is 12.3 Å². The van der Waals surface area contributed by atoms with E-state index >= 15 is 0 Å². The number of nitrogens with zero attached hydrogens (tertiary/aromatic N) is 1. The topological polar surface area (TPSA) is 33.1 Å². The molecule has 2 nitrogen and oxygen atoms in total. The van der Waals surface area contributed by atoms with Crippen LogP contribution in [0, 0.1) is 11.8 Å². The Morgan fingerprint density at radius 3 is 2.93 bits per heavy atom. The molecule has 1 heterocycles. The van der Waals surface area contributed by atoms with E-state index < -0.39 is 0 Å². The van der Waals surface area contributed by atoms with E-state index in [1.54, 1.807) is 6.20 Å². The molecule has 3 atom stereocenters. The minimum absolute atomic E-state index is 0.204. The molecule has 1 aliphatic rings. The van der Waals surface area contributed by atoms with Gasteiger partial charge in [-0.2, -0.15) is 0 Å². The Morgan fingerprint density at radius 1 is 1.47 bits per heavy atom. The summed E-state index contributed by atoms with van der Waals surface area (Å²) < 4.78 is 0. The maximum absolute atomic E-state index is 10.1. The summed E-state index contributed by atoms with van der Waals surface area (Å²) in [6.07, 6.45) is 5.91. The van der Waals surface area contributed by atoms with E-state index in [9.17, 15) is 5.11 Å². The number of pyridine rings is 1. The fourth-order valence-corrected chi connectivity index (χ4v) is 2.50. The zero-order valence-electron chi connectivity index (χ0n) is 9.26. The largest absolute Gasteiger partial charge is 0.392 e. The summed E-state index contributed by atoms with van der Waals surface area (Å²) in [5.74, 6) is 1.27. The highest BCUT2D eigenvalue weighted by Gasteiger charge is 2.27. The lowest BCUT2D eigenvalue weighted by Crippen LogP contribution is -2.21. The molecule has 0 spiro atoms. The molecule has 15 heavy (non-hydrogen) atoms. The molecule has 1 saturated carbocycles. The van der Waals surface area contributed by atoms with Gasteiger partial charge in [-0.15, -0.1) is 0 Å². The first-order valence-electron chi connectivity index (χ1n) is 5.83. The summed E-state index contributed by atoms with van der Waals surface area (Å²) in [4.78, 5) is 4.25. The molecule has 1 aliphatic carbocycles. The molecule has 0 aliphatic heterocycles. The van der Waals surface area contributed by atoms with Gasteiger partial charge >= 0.3 is 0 Å². The van der Waals surface area contributed by atoms with Crippen LogP contribution in [0.4, 0.5) is 0 Å². The molecule has 2 heteroatoms. The second kappa shape index (κ2) is 4.75. The number of rotatable bonds is 3. The molecule has 1 fully saturated rings. The molecular formula is C13H19NO. The van der Waals surface area contributed by atoms with Crippen molar-refractivity contribution >= 4 is 0 Å². The van der Waals surface area contributed by atoms with Gasteiger partial charge in [0.05, 0.1) is 6.10 Å². The Kier molecular flexibility index (Phi) is 3.37. The quantitative estimate of drug-likeness (QED) is 0.822. The maximum Gasteiger partial charge on any atom is 0.0623 e. The molecule has 1 aromatic heterocycles. The van der Waals surface area contributed by atoms with Crippen molar-refractivity contribution in [2.45, 2.75) is 38.7 Å². The van der Waals surface area contributed by atoms with Gasteiger partial charge < -0.3 is 5.11 Å². The summed E-state index contributed by atoms with van der Waals surface area (Å²) >= 11 is 0. The number of aromatic nitrogens is 1. The van der Waals surface area contributed by atoms with Gasteiger partial charge in [-0.1, -0.05) is 19.4 Å². The molecule has 0 saturated heterocycles. The fourth-order valence-electron chi connectivity index (χ4n) is 2.50. The van der Waals surface area contributed by atoms with Crippen molar-refractivity contribution in [3.05, 3.63) is 30.1 Å². The van der Waals surface area contributed by atoms with Crippen LogP contribution >= 0.6 is 0 Å². The monoisotopic (exact) mass is 205 g/mol. The Balaban J connectivity index is 1.90. The molecular weight excluding hydrogens is 186 g/mol. The van der Waals surface area contributed by atoms with Crippen LogP contribution in [-0.4, -0.2) is 16.2 Å². The lowest BCUT2D eigenvalue weighted by molar-refractivity contribution is 0.108. The molecule has 2 rings (SSSR count). The number of hydrogen-bond donors (Lipinski definition) is 1. The third-order valence-corrected chi connectivity index (χ3v) is 3.42. The zero-order valence-corrected chi connectivity index (χ0v) is 9.26. The zero-order chi connectivity index (χ0) is 10.7. The predicted octanol–water partition coefficient (Wildman–Crippen LogP) is 2.42. The summed E-state index contributed by atoms with van der Waals surface area (Å²) in [6.45, 7) is 2.27. The van der Waals surface area contributed by atoms with Crippen molar-refractivity contribution in [2.24, 2.45) is 11.8 Å².